The second kappa shape index (κ2) is 3.01. The molecule has 0 unspecified atom stereocenters. The average molecular weight is 137 g/mol. The summed E-state index contributed by atoms with van der Waals surface area (Å²) < 4.78 is 20.0. The molecule has 0 heterocycles. The Morgan fingerprint density at radius 2 is 2.00 bits per heavy atom. The Labute approximate surface area is 48.9 Å². The lowest BCUT2D eigenvalue weighted by Crippen LogP contribution is -2.10. The molecule has 0 spiro atoms. The van der Waals surface area contributed by atoms with E-state index >= 15 is 0 Å². The van der Waals surface area contributed by atoms with Gasteiger partial charge in [0.1, 0.15) is 0 Å². The lowest BCUT2D eigenvalue weighted by Gasteiger charge is -1.90. The van der Waals surface area contributed by atoms with Gasteiger partial charge in [-0.3, -0.25) is 0 Å². The Hall–Kier alpha value is -0.130. The Balaban J connectivity index is 3.42. The van der Waals surface area contributed by atoms with Gasteiger partial charge in [0.15, 0.2) is 0 Å². The lowest BCUT2D eigenvalue weighted by atomic mass is 10.5. The molecule has 0 aromatic heterocycles. The van der Waals surface area contributed by atoms with Crippen molar-refractivity contribution < 1.29 is 8.42 Å². The highest BCUT2D eigenvalue weighted by atomic mass is 32.2. The first kappa shape index (κ1) is 7.87. The number of hydrogen-bond acceptors (Lipinski definition) is 3. The average Bonchev–Trinajstić information content (AvgIpc) is 1.59. The molecule has 0 aliphatic heterocycles. The molecule has 0 fully saturated rings. The zero-order chi connectivity index (χ0) is 6.62. The molecule has 49 valence electrons. The number of hydrogen-bond donors (Lipinski definition) is 1. The fraction of sp³-hybridized carbons (Fsp3) is 1.00. The van der Waals surface area contributed by atoms with E-state index in [1.165, 1.54) is 0 Å². The Morgan fingerprint density at radius 3 is 2.12 bits per heavy atom. The smallest absolute Gasteiger partial charge is 0.225 e. The van der Waals surface area contributed by atoms with Gasteiger partial charge in [-0.05, 0) is 13.0 Å². The van der Waals surface area contributed by atoms with Crippen molar-refractivity contribution in [1.29, 1.82) is 0 Å². The molecule has 8 heavy (non-hydrogen) atoms. The van der Waals surface area contributed by atoms with Crippen molar-refractivity contribution in [3.63, 3.8) is 0 Å². The first-order chi connectivity index (χ1) is 3.56. The van der Waals surface area contributed by atoms with Gasteiger partial charge >= 0.3 is 0 Å². The predicted octanol–water partition coefficient (Wildman–Crippen LogP) is -1.05. The fourth-order valence-electron chi connectivity index (χ4n) is 0.273. The van der Waals surface area contributed by atoms with E-state index in [-0.39, 0.29) is 5.75 Å². The third-order valence-electron chi connectivity index (χ3n) is 0.617. The van der Waals surface area contributed by atoms with Gasteiger partial charge in [-0.2, -0.15) is 0 Å². The topological polar surface area (TPSA) is 84.0 Å². The van der Waals surface area contributed by atoms with Crippen LogP contribution in [0.15, 0.2) is 0 Å². The van der Waals surface area contributed by atoms with Gasteiger partial charge in [-0.15, -0.1) is 5.14 Å². The van der Waals surface area contributed by atoms with Crippen LogP contribution < -0.4 is 10.9 Å². The van der Waals surface area contributed by atoms with Crippen molar-refractivity contribution in [1.82, 2.24) is 5.14 Å². The molecule has 0 aromatic rings. The highest BCUT2D eigenvalue weighted by Gasteiger charge is 1.99. The Morgan fingerprint density at radius 1 is 1.50 bits per heavy atom. The van der Waals surface area contributed by atoms with E-state index in [0.717, 1.165) is 0 Å². The normalized spacial score (nSPS) is 11.8. The van der Waals surface area contributed by atoms with Crippen LogP contribution in [0.25, 0.3) is 0 Å². The van der Waals surface area contributed by atoms with Crippen LogP contribution in [0, 0.1) is 0 Å². The van der Waals surface area contributed by atoms with Crippen LogP contribution in [0.2, 0.25) is 0 Å². The number of rotatable bonds is 3. The zero-order valence-corrected chi connectivity index (χ0v) is 5.24. The summed E-state index contributed by atoms with van der Waals surface area (Å²) in [5, 5.41) is 6.35. The lowest BCUT2D eigenvalue weighted by molar-refractivity contribution is 0.594. The van der Waals surface area contributed by atoms with Crippen LogP contribution in [-0.2, 0) is 10.0 Å². The number of nitrogens with two attached hydrogens (primary N) is 1. The fourth-order valence-corrected chi connectivity index (χ4v) is 0.820. The van der Waals surface area contributed by atoms with Gasteiger partial charge in [-0.1, -0.05) is 0 Å². The monoisotopic (exact) mass is 137 g/mol. The molecular weight excluding hydrogens is 128 g/mol. The van der Waals surface area contributed by atoms with E-state index < -0.39 is 10.0 Å². The van der Waals surface area contributed by atoms with Gasteiger partial charge in [0.2, 0.25) is 10.0 Å². The van der Waals surface area contributed by atoms with Crippen LogP contribution >= 0.6 is 0 Å². The summed E-state index contributed by atoms with van der Waals surface area (Å²) in [6.07, 6.45) is 0.381. The van der Waals surface area contributed by atoms with Crippen molar-refractivity contribution in [3.05, 3.63) is 0 Å². The van der Waals surface area contributed by atoms with Crippen LogP contribution in [0.3, 0.4) is 0 Å². The van der Waals surface area contributed by atoms with Crippen LogP contribution in [-0.4, -0.2) is 20.7 Å². The number of nitrogens with one attached hydrogen (secondary N) is 1. The third-order valence-corrected chi connectivity index (χ3v) is 1.44. The molecule has 0 atom stereocenters. The first-order valence-electron chi connectivity index (χ1n) is 2.23. The largest absolute Gasteiger partial charge is 0.330 e. The highest BCUT2D eigenvalue weighted by molar-refractivity contribution is 7.88. The van der Waals surface area contributed by atoms with Gasteiger partial charge < -0.3 is 5.73 Å². The second-order valence-corrected chi connectivity index (χ2v) is 3.10. The van der Waals surface area contributed by atoms with E-state index in [0.29, 0.717) is 13.0 Å². The van der Waals surface area contributed by atoms with Crippen LogP contribution in [0.5, 0.6) is 0 Å². The highest BCUT2D eigenvalue weighted by Crippen LogP contribution is 1.82. The van der Waals surface area contributed by atoms with Crippen LogP contribution in [0.1, 0.15) is 6.42 Å². The van der Waals surface area contributed by atoms with E-state index in [2.05, 4.69) is 0 Å². The minimum Gasteiger partial charge on any atom is -0.330 e. The van der Waals surface area contributed by atoms with Crippen molar-refractivity contribution in [3.8, 4) is 0 Å². The summed E-state index contributed by atoms with van der Waals surface area (Å²) in [6, 6.07) is 0. The number of sulfonamides is 1. The van der Waals surface area contributed by atoms with E-state index in [4.69, 9.17) is 10.9 Å². The first-order valence-corrected chi connectivity index (χ1v) is 3.89. The standard InChI is InChI=1S/C3H9N2O2S/c4-2-1-3-8(5,6)7/h5H,1-4H2. The molecule has 1 radical (unpaired) electrons. The molecule has 3 N–H and O–H groups in total. The van der Waals surface area contributed by atoms with E-state index in [9.17, 15) is 8.42 Å². The van der Waals surface area contributed by atoms with Crippen molar-refractivity contribution in [2.24, 2.45) is 5.73 Å². The molecular formula is C3H9N2O2S. The van der Waals surface area contributed by atoms with Crippen molar-refractivity contribution in [2.75, 3.05) is 12.3 Å². The maximum Gasteiger partial charge on any atom is 0.225 e. The second-order valence-electron chi connectivity index (χ2n) is 1.46. The van der Waals surface area contributed by atoms with Crippen molar-refractivity contribution >= 4 is 10.0 Å². The molecule has 0 saturated carbocycles. The summed E-state index contributed by atoms with van der Waals surface area (Å²) in [4.78, 5) is 0. The molecule has 5 heteroatoms. The van der Waals surface area contributed by atoms with Crippen LogP contribution in [0.4, 0.5) is 0 Å². The summed E-state index contributed by atoms with van der Waals surface area (Å²) in [5.74, 6) is -0.122. The molecule has 0 amide bonds. The van der Waals surface area contributed by atoms with Gasteiger partial charge in [0.05, 0.1) is 5.75 Å². The Bertz CT molecular complexity index is 139. The predicted molar refractivity (Wildman–Crippen MR) is 30.6 cm³/mol. The molecule has 0 aromatic carbocycles. The van der Waals surface area contributed by atoms with E-state index in [1.807, 2.05) is 0 Å². The van der Waals surface area contributed by atoms with Gasteiger partial charge in [0.25, 0.3) is 0 Å². The van der Waals surface area contributed by atoms with Gasteiger partial charge in [-0.25, -0.2) is 8.42 Å². The van der Waals surface area contributed by atoms with E-state index in [1.54, 1.807) is 0 Å². The summed E-state index contributed by atoms with van der Waals surface area (Å²) in [6.45, 7) is 0.331. The summed E-state index contributed by atoms with van der Waals surface area (Å²) >= 11 is 0. The summed E-state index contributed by atoms with van der Waals surface area (Å²) in [5.41, 5.74) is 4.99. The van der Waals surface area contributed by atoms with Gasteiger partial charge in [0, 0.05) is 0 Å². The maximum atomic E-state index is 10.0. The molecule has 0 rings (SSSR count). The zero-order valence-electron chi connectivity index (χ0n) is 4.42. The quantitative estimate of drug-likeness (QED) is 0.538. The SMILES string of the molecule is [NH]S(=O)(=O)CCCN. The molecule has 0 saturated heterocycles. The van der Waals surface area contributed by atoms with Crippen molar-refractivity contribution in [2.45, 2.75) is 6.42 Å². The third kappa shape index (κ3) is 5.87. The molecule has 0 aliphatic carbocycles. The maximum absolute atomic E-state index is 10.0. The minimum absolute atomic E-state index is 0.122. The Kier molecular flexibility index (Phi) is 2.96. The summed E-state index contributed by atoms with van der Waals surface area (Å²) in [7, 11) is -3.52. The molecule has 4 nitrogen and oxygen atoms in total. The molecule has 0 aliphatic rings. The minimum atomic E-state index is -3.52. The molecule has 0 bridgehead atoms.